The minimum Gasteiger partial charge on any atom is -0.465 e. The molecule has 0 atom stereocenters. The molecule has 0 aliphatic carbocycles. The van der Waals surface area contributed by atoms with Crippen LogP contribution in [0.2, 0.25) is 0 Å². The van der Waals surface area contributed by atoms with E-state index in [4.69, 9.17) is 5.11 Å². The molecule has 0 spiro atoms. The lowest BCUT2D eigenvalue weighted by Crippen LogP contribution is -2.35. The predicted molar refractivity (Wildman–Crippen MR) is 101 cm³/mol. The minimum absolute atomic E-state index is 0.0352. The number of amides is 1. The van der Waals surface area contributed by atoms with Crippen LogP contribution in [0.3, 0.4) is 0 Å². The fraction of sp³-hybridized carbons (Fsp3) is 0.278. The molecular formula is C18H20F2N2O4S. The van der Waals surface area contributed by atoms with Crippen molar-refractivity contribution in [3.05, 3.63) is 53.6 Å². The number of nitrogens with zero attached hydrogens (tertiary/aromatic N) is 1. The number of halogens is 2. The van der Waals surface area contributed by atoms with E-state index in [9.17, 15) is 22.7 Å². The first kappa shape index (κ1) is 19.4. The summed E-state index contributed by atoms with van der Waals surface area (Å²) in [5.74, 6) is -1.09. The number of hydrogen-bond donors (Lipinski definition) is 4. The van der Waals surface area contributed by atoms with Gasteiger partial charge in [0.1, 0.15) is 17.3 Å². The molecule has 9 heteroatoms. The number of benzene rings is 2. The van der Waals surface area contributed by atoms with Crippen molar-refractivity contribution in [2.24, 2.45) is 0 Å². The third kappa shape index (κ3) is 4.15. The van der Waals surface area contributed by atoms with Crippen LogP contribution >= 0.6 is 10.8 Å². The number of nitrogens with one attached hydrogen (secondary N) is 1. The number of carboxylic acid groups (broad SMARTS) is 1. The molecular weight excluding hydrogens is 378 g/mol. The van der Waals surface area contributed by atoms with Gasteiger partial charge in [0.05, 0.1) is 5.75 Å². The van der Waals surface area contributed by atoms with Crippen molar-refractivity contribution >= 4 is 22.6 Å². The van der Waals surface area contributed by atoms with Crippen LogP contribution in [0.1, 0.15) is 18.4 Å². The van der Waals surface area contributed by atoms with E-state index in [1.165, 1.54) is 28.6 Å². The van der Waals surface area contributed by atoms with Crippen LogP contribution < -0.4 is 9.62 Å². The molecule has 2 aromatic carbocycles. The van der Waals surface area contributed by atoms with E-state index < -0.39 is 28.5 Å². The van der Waals surface area contributed by atoms with E-state index in [-0.39, 0.29) is 23.5 Å². The van der Waals surface area contributed by atoms with E-state index in [2.05, 4.69) is 5.32 Å². The van der Waals surface area contributed by atoms with Crippen LogP contribution in [0.15, 0.2) is 36.4 Å². The summed E-state index contributed by atoms with van der Waals surface area (Å²) in [5.41, 5.74) is 0.893. The Kier molecular flexibility index (Phi) is 5.54. The molecule has 0 bridgehead atoms. The van der Waals surface area contributed by atoms with Gasteiger partial charge < -0.3 is 10.4 Å². The maximum Gasteiger partial charge on any atom is 0.404 e. The van der Waals surface area contributed by atoms with Gasteiger partial charge in [0.25, 0.3) is 0 Å². The normalized spacial score (nSPS) is 17.4. The summed E-state index contributed by atoms with van der Waals surface area (Å²) in [6.07, 6.45) is 0.0709. The first-order valence-corrected chi connectivity index (χ1v) is 10.0. The summed E-state index contributed by atoms with van der Waals surface area (Å²) in [7, 11) is -3.14. The number of rotatable bonds is 4. The van der Waals surface area contributed by atoms with Crippen molar-refractivity contribution in [1.82, 2.24) is 5.32 Å². The van der Waals surface area contributed by atoms with Crippen LogP contribution in [0.5, 0.6) is 0 Å². The van der Waals surface area contributed by atoms with Crippen LogP contribution in [0.4, 0.5) is 19.3 Å². The molecule has 146 valence electrons. The summed E-state index contributed by atoms with van der Waals surface area (Å²) in [6, 6.07) is 8.45. The highest BCUT2D eigenvalue weighted by atomic mass is 32.3. The smallest absolute Gasteiger partial charge is 0.404 e. The van der Waals surface area contributed by atoms with Crippen LogP contribution in [0, 0.1) is 11.6 Å². The third-order valence-electron chi connectivity index (χ3n) is 4.41. The highest BCUT2D eigenvalue weighted by molar-refractivity contribution is 8.25. The van der Waals surface area contributed by atoms with Gasteiger partial charge in [-0.15, -0.1) is 10.8 Å². The molecule has 0 unspecified atom stereocenters. The lowest BCUT2D eigenvalue weighted by Gasteiger charge is -2.48. The van der Waals surface area contributed by atoms with Gasteiger partial charge in [0, 0.05) is 24.2 Å². The molecule has 0 aromatic heterocycles. The topological polar surface area (TPSA) is 93.0 Å². The van der Waals surface area contributed by atoms with Gasteiger partial charge in [-0.3, -0.25) is 13.4 Å². The standard InChI is InChI=1S/C18H20F2N2O4S/c19-15-5-3-4-14(17(15)22-8-1-2-9-27(22,25)26)12-6-7-13(16(20)10-12)11-21-18(23)24/h3-7,10,21,25-26H,1-2,8-9,11H2,(H,23,24). The van der Waals surface area contributed by atoms with E-state index in [0.29, 0.717) is 30.5 Å². The van der Waals surface area contributed by atoms with Gasteiger partial charge in [0.15, 0.2) is 0 Å². The van der Waals surface area contributed by atoms with E-state index >= 15 is 0 Å². The average molecular weight is 398 g/mol. The van der Waals surface area contributed by atoms with Crippen LogP contribution in [-0.2, 0) is 6.54 Å². The summed E-state index contributed by atoms with van der Waals surface area (Å²) >= 11 is 0. The highest BCUT2D eigenvalue weighted by Crippen LogP contribution is 2.52. The molecule has 1 heterocycles. The molecule has 1 amide bonds. The Morgan fingerprint density at radius 1 is 1.15 bits per heavy atom. The first-order chi connectivity index (χ1) is 12.8. The third-order valence-corrected chi connectivity index (χ3v) is 6.32. The lowest BCUT2D eigenvalue weighted by atomic mass is 10.0. The van der Waals surface area contributed by atoms with Gasteiger partial charge in [0.2, 0.25) is 0 Å². The van der Waals surface area contributed by atoms with Gasteiger partial charge in [-0.25, -0.2) is 13.6 Å². The Hall–Kier alpha value is -2.36. The first-order valence-electron chi connectivity index (χ1n) is 8.37. The monoisotopic (exact) mass is 398 g/mol. The average Bonchev–Trinajstić information content (AvgIpc) is 2.60. The maximum atomic E-state index is 14.6. The highest BCUT2D eigenvalue weighted by Gasteiger charge is 2.30. The second kappa shape index (κ2) is 7.71. The number of para-hydroxylation sites is 1. The maximum absolute atomic E-state index is 14.6. The molecule has 1 aliphatic rings. The zero-order chi connectivity index (χ0) is 19.6. The Labute approximate surface area is 156 Å². The molecule has 0 saturated carbocycles. The van der Waals surface area contributed by atoms with Crippen molar-refractivity contribution < 1.29 is 27.8 Å². The van der Waals surface area contributed by atoms with Crippen molar-refractivity contribution in [2.75, 3.05) is 16.6 Å². The Morgan fingerprint density at radius 3 is 2.59 bits per heavy atom. The van der Waals surface area contributed by atoms with Gasteiger partial charge >= 0.3 is 6.09 Å². The van der Waals surface area contributed by atoms with E-state index in [1.54, 1.807) is 12.1 Å². The van der Waals surface area contributed by atoms with Gasteiger partial charge in [-0.2, -0.15) is 0 Å². The molecule has 1 aliphatic heterocycles. The Bertz CT molecular complexity index is 863. The number of anilines is 1. The number of hydrogen-bond acceptors (Lipinski definition) is 4. The quantitative estimate of drug-likeness (QED) is 0.601. The van der Waals surface area contributed by atoms with Crippen molar-refractivity contribution in [1.29, 1.82) is 0 Å². The molecule has 6 nitrogen and oxygen atoms in total. The summed E-state index contributed by atoms with van der Waals surface area (Å²) in [6.45, 7) is 0.101. The number of carbonyl (C=O) groups is 1. The molecule has 3 rings (SSSR count). The van der Waals surface area contributed by atoms with Crippen LogP contribution in [0.25, 0.3) is 11.1 Å². The lowest BCUT2D eigenvalue weighted by molar-refractivity contribution is 0.194. The minimum atomic E-state index is -3.14. The summed E-state index contributed by atoms with van der Waals surface area (Å²) < 4.78 is 51.0. The summed E-state index contributed by atoms with van der Waals surface area (Å²) in [4.78, 5) is 10.6. The molecule has 27 heavy (non-hydrogen) atoms. The molecule has 1 saturated heterocycles. The fourth-order valence-corrected chi connectivity index (χ4v) is 4.81. The predicted octanol–water partition coefficient (Wildman–Crippen LogP) is 4.67. The molecule has 4 N–H and O–H groups in total. The van der Waals surface area contributed by atoms with Crippen molar-refractivity contribution in [2.45, 2.75) is 19.4 Å². The molecule has 0 radical (unpaired) electrons. The van der Waals surface area contributed by atoms with Crippen LogP contribution in [-0.4, -0.2) is 32.6 Å². The van der Waals surface area contributed by atoms with E-state index in [0.717, 1.165) is 0 Å². The SMILES string of the molecule is O=C(O)NCc1ccc(-c2cccc(F)c2N2CCCCS2(O)O)cc1F. The van der Waals surface area contributed by atoms with E-state index in [1.807, 2.05) is 0 Å². The largest absolute Gasteiger partial charge is 0.465 e. The fourth-order valence-electron chi connectivity index (χ4n) is 3.10. The van der Waals surface area contributed by atoms with Gasteiger partial charge in [-0.05, 0) is 30.5 Å². The van der Waals surface area contributed by atoms with Crippen molar-refractivity contribution in [3.63, 3.8) is 0 Å². The summed E-state index contributed by atoms with van der Waals surface area (Å²) in [5, 5.41) is 10.7. The second-order valence-corrected chi connectivity index (χ2v) is 8.36. The Morgan fingerprint density at radius 2 is 1.93 bits per heavy atom. The van der Waals surface area contributed by atoms with Gasteiger partial charge in [-0.1, -0.05) is 24.3 Å². The molecule has 2 aromatic rings. The zero-order valence-corrected chi connectivity index (χ0v) is 15.2. The Balaban J connectivity index is 2.01. The zero-order valence-electron chi connectivity index (χ0n) is 14.4. The second-order valence-electron chi connectivity index (χ2n) is 6.25. The molecule has 1 fully saturated rings. The van der Waals surface area contributed by atoms with Crippen molar-refractivity contribution in [3.8, 4) is 11.1 Å².